The van der Waals surface area contributed by atoms with Gasteiger partial charge in [0.2, 0.25) is 5.91 Å². The molecule has 0 aliphatic carbocycles. The molecule has 1 aromatic carbocycles. The fourth-order valence-corrected chi connectivity index (χ4v) is 2.68. The molecule has 0 saturated heterocycles. The van der Waals surface area contributed by atoms with E-state index in [4.69, 9.17) is 23.2 Å². The molecule has 0 fully saturated rings. The van der Waals surface area contributed by atoms with Crippen LogP contribution in [0.15, 0.2) is 41.6 Å². The molecule has 0 atom stereocenters. The normalized spacial score (nSPS) is 10.3. The molecule has 0 radical (unpaired) electrons. The quantitative estimate of drug-likeness (QED) is 0.845. The van der Waals surface area contributed by atoms with Crippen LogP contribution in [0.2, 0.25) is 10.0 Å². The Labute approximate surface area is 131 Å². The van der Waals surface area contributed by atoms with E-state index in [2.05, 4.69) is 10.3 Å². The van der Waals surface area contributed by atoms with Crippen LogP contribution in [0.5, 0.6) is 0 Å². The third-order valence-corrected chi connectivity index (χ3v) is 4.44. The minimum absolute atomic E-state index is 0.123. The van der Waals surface area contributed by atoms with Gasteiger partial charge in [-0.3, -0.25) is 4.79 Å². The summed E-state index contributed by atoms with van der Waals surface area (Å²) in [5.74, 6) is 0.116. The lowest BCUT2D eigenvalue weighted by molar-refractivity contribution is -0.113. The van der Waals surface area contributed by atoms with Gasteiger partial charge in [0.1, 0.15) is 5.03 Å². The number of hydrogen-bond acceptors (Lipinski definition) is 3. The van der Waals surface area contributed by atoms with Crippen molar-refractivity contribution in [3.8, 4) is 0 Å². The molecule has 0 aliphatic rings. The molecule has 1 N–H and O–H groups in total. The molecule has 0 saturated carbocycles. The Morgan fingerprint density at radius 1 is 1.25 bits per heavy atom. The summed E-state index contributed by atoms with van der Waals surface area (Å²) in [6, 6.07) is 8.90. The number of amides is 1. The molecule has 20 heavy (non-hydrogen) atoms. The van der Waals surface area contributed by atoms with Crippen LogP contribution in [-0.4, -0.2) is 16.6 Å². The van der Waals surface area contributed by atoms with Crippen molar-refractivity contribution in [2.24, 2.45) is 0 Å². The Balaban J connectivity index is 1.96. The van der Waals surface area contributed by atoms with Gasteiger partial charge in [-0.15, -0.1) is 0 Å². The second kappa shape index (κ2) is 6.97. The summed E-state index contributed by atoms with van der Waals surface area (Å²) in [4.78, 5) is 16.0. The first-order chi connectivity index (χ1) is 9.58. The van der Waals surface area contributed by atoms with Gasteiger partial charge in [0.05, 0.1) is 10.8 Å². The van der Waals surface area contributed by atoms with E-state index in [1.54, 1.807) is 30.5 Å². The van der Waals surface area contributed by atoms with E-state index in [-0.39, 0.29) is 11.7 Å². The second-order valence-electron chi connectivity index (χ2n) is 4.04. The van der Waals surface area contributed by atoms with E-state index < -0.39 is 0 Å². The zero-order chi connectivity index (χ0) is 14.5. The van der Waals surface area contributed by atoms with Gasteiger partial charge >= 0.3 is 0 Å². The summed E-state index contributed by atoms with van der Waals surface area (Å²) in [7, 11) is 0. The number of carbonyl (C=O) groups excluding carboxylic acids is 1. The SMILES string of the molecule is Cc1c(Cl)cccc1NC(=O)CSc1ncccc1Cl. The van der Waals surface area contributed by atoms with E-state index in [1.165, 1.54) is 11.8 Å². The number of hydrogen-bond donors (Lipinski definition) is 1. The lowest BCUT2D eigenvalue weighted by Gasteiger charge is -2.09. The molecule has 2 rings (SSSR count). The van der Waals surface area contributed by atoms with Gasteiger partial charge in [0, 0.05) is 16.9 Å². The van der Waals surface area contributed by atoms with Crippen LogP contribution in [0.1, 0.15) is 5.56 Å². The van der Waals surface area contributed by atoms with Gasteiger partial charge in [0.25, 0.3) is 0 Å². The van der Waals surface area contributed by atoms with Crippen molar-refractivity contribution in [3.05, 3.63) is 52.1 Å². The number of benzene rings is 1. The fraction of sp³-hybridized carbons (Fsp3) is 0.143. The van der Waals surface area contributed by atoms with Gasteiger partial charge in [-0.05, 0) is 36.8 Å². The summed E-state index contributed by atoms with van der Waals surface area (Å²) in [5.41, 5.74) is 1.57. The number of aromatic nitrogens is 1. The summed E-state index contributed by atoms with van der Waals surface area (Å²) in [6.07, 6.45) is 1.65. The maximum Gasteiger partial charge on any atom is 0.234 e. The molecule has 6 heteroatoms. The standard InChI is InChI=1S/C14H12Cl2N2OS/c1-9-10(15)4-2-6-12(9)18-13(19)8-20-14-11(16)5-3-7-17-14/h2-7H,8H2,1H3,(H,18,19). The third-order valence-electron chi connectivity index (χ3n) is 2.61. The molecular weight excluding hydrogens is 315 g/mol. The highest BCUT2D eigenvalue weighted by Gasteiger charge is 2.09. The maximum atomic E-state index is 11.9. The smallest absolute Gasteiger partial charge is 0.234 e. The van der Waals surface area contributed by atoms with Crippen LogP contribution in [0.4, 0.5) is 5.69 Å². The van der Waals surface area contributed by atoms with E-state index in [0.717, 1.165) is 11.3 Å². The first kappa shape index (κ1) is 15.2. The van der Waals surface area contributed by atoms with Crippen molar-refractivity contribution >= 4 is 46.6 Å². The van der Waals surface area contributed by atoms with Crippen molar-refractivity contribution in [1.29, 1.82) is 0 Å². The molecule has 1 aromatic heterocycles. The monoisotopic (exact) mass is 326 g/mol. The predicted molar refractivity (Wildman–Crippen MR) is 84.8 cm³/mol. The van der Waals surface area contributed by atoms with E-state index in [1.807, 2.05) is 13.0 Å². The number of rotatable bonds is 4. The predicted octanol–water partition coefficient (Wildman–Crippen LogP) is 4.43. The molecule has 0 aliphatic heterocycles. The molecule has 104 valence electrons. The average molecular weight is 327 g/mol. The third kappa shape index (κ3) is 3.88. The van der Waals surface area contributed by atoms with Gasteiger partial charge in [-0.25, -0.2) is 4.98 Å². The topological polar surface area (TPSA) is 42.0 Å². The Hall–Kier alpha value is -1.23. The molecule has 1 amide bonds. The molecule has 2 aromatic rings. The summed E-state index contributed by atoms with van der Waals surface area (Å²) >= 11 is 13.3. The number of carbonyl (C=O) groups is 1. The first-order valence-corrected chi connectivity index (χ1v) is 7.60. The number of nitrogens with zero attached hydrogens (tertiary/aromatic N) is 1. The Bertz CT molecular complexity index is 634. The van der Waals surface area contributed by atoms with Crippen LogP contribution >= 0.6 is 35.0 Å². The van der Waals surface area contributed by atoms with Crippen LogP contribution in [-0.2, 0) is 4.79 Å². The number of anilines is 1. The number of thioether (sulfide) groups is 1. The summed E-state index contributed by atoms with van der Waals surface area (Å²) in [5, 5.41) is 4.64. The highest BCUT2D eigenvalue weighted by molar-refractivity contribution is 8.00. The highest BCUT2D eigenvalue weighted by Crippen LogP contribution is 2.25. The number of halogens is 2. The Morgan fingerprint density at radius 2 is 2.00 bits per heavy atom. The minimum atomic E-state index is -0.123. The van der Waals surface area contributed by atoms with Gasteiger partial charge < -0.3 is 5.32 Å². The van der Waals surface area contributed by atoms with E-state index in [9.17, 15) is 4.79 Å². The number of nitrogens with one attached hydrogen (secondary N) is 1. The summed E-state index contributed by atoms with van der Waals surface area (Å²) < 4.78 is 0. The summed E-state index contributed by atoms with van der Waals surface area (Å²) in [6.45, 7) is 1.86. The van der Waals surface area contributed by atoms with E-state index >= 15 is 0 Å². The van der Waals surface area contributed by atoms with Crippen molar-refractivity contribution in [1.82, 2.24) is 4.98 Å². The Kier molecular flexibility index (Phi) is 5.29. The van der Waals surface area contributed by atoms with Crippen molar-refractivity contribution in [2.45, 2.75) is 11.9 Å². The molecule has 1 heterocycles. The van der Waals surface area contributed by atoms with Crippen molar-refractivity contribution in [2.75, 3.05) is 11.1 Å². The molecule has 0 spiro atoms. The van der Waals surface area contributed by atoms with Crippen LogP contribution in [0.25, 0.3) is 0 Å². The van der Waals surface area contributed by atoms with Crippen LogP contribution in [0.3, 0.4) is 0 Å². The zero-order valence-electron chi connectivity index (χ0n) is 10.7. The second-order valence-corrected chi connectivity index (χ2v) is 5.82. The van der Waals surface area contributed by atoms with Crippen LogP contribution in [0, 0.1) is 6.92 Å². The van der Waals surface area contributed by atoms with Crippen molar-refractivity contribution in [3.63, 3.8) is 0 Å². The average Bonchev–Trinajstić information content (AvgIpc) is 2.43. The molecular formula is C14H12Cl2N2OS. The molecule has 3 nitrogen and oxygen atoms in total. The number of pyridine rings is 1. The largest absolute Gasteiger partial charge is 0.325 e. The minimum Gasteiger partial charge on any atom is -0.325 e. The fourth-order valence-electron chi connectivity index (χ4n) is 1.54. The molecule has 0 bridgehead atoms. The highest BCUT2D eigenvalue weighted by atomic mass is 35.5. The lowest BCUT2D eigenvalue weighted by atomic mass is 10.2. The van der Waals surface area contributed by atoms with Gasteiger partial charge in [-0.2, -0.15) is 0 Å². The lowest BCUT2D eigenvalue weighted by Crippen LogP contribution is -2.15. The van der Waals surface area contributed by atoms with Crippen molar-refractivity contribution < 1.29 is 4.79 Å². The van der Waals surface area contributed by atoms with Gasteiger partial charge in [0.15, 0.2) is 0 Å². The van der Waals surface area contributed by atoms with Crippen LogP contribution < -0.4 is 5.32 Å². The zero-order valence-corrected chi connectivity index (χ0v) is 13.0. The van der Waals surface area contributed by atoms with Gasteiger partial charge in [-0.1, -0.05) is 41.0 Å². The first-order valence-electron chi connectivity index (χ1n) is 5.86. The van der Waals surface area contributed by atoms with E-state index in [0.29, 0.717) is 15.1 Å². The molecule has 0 unspecified atom stereocenters. The Morgan fingerprint density at radius 3 is 2.75 bits per heavy atom. The maximum absolute atomic E-state index is 11.9.